The summed E-state index contributed by atoms with van der Waals surface area (Å²) < 4.78 is 5.61. The highest BCUT2D eigenvalue weighted by atomic mass is 16.5. The Morgan fingerprint density at radius 1 is 0.329 bits per heavy atom. The van der Waals surface area contributed by atoms with Gasteiger partial charge in [-0.15, -0.1) is 0 Å². The Morgan fingerprint density at radius 3 is 1.07 bits per heavy atom. The standard InChI is InChI=1S/C25H29N5O.C23H30N4O.C22H28N4O2.C22H28N4O.C21H28N4O/c1-25(15-18-9-4-2-5-10-18)14-7-3-6-11-19-12-8-13-22(26-19)27-23-20-16-30(24(25)31)17-21(20)28-29-23;28-22-23(12-5-2-6-13-23)11-4-1-3-8-18-9-7-10-20(25-18)26-21-19-16-27(22)15-17(19)14-24-21;27-21-22(9-11-28-12-10-22)8-3-1-2-5-17-6-4-7-19(24-17)25-20-18-15-26(21)14-16(18)13-23-20;27-21-22(11-4-5-12-22)10-3-1-2-7-17-8-6-9-19(24-17)25-20-18-15-26(21)14-16(18)13-23-20;1-14-7-8-16-5-4-6-18(23-16)24-19-17-13-25(12-15(17)11-22-19)20(26)21(2,3)10-9-14/h2,4-5,8-10,12-13H,3,6-7,11,14-17H2,1H3,(H2,26,27,28,29);7,9-10H,1-6,8,11-16H2,(H,24,25,26);4,6-7H,1-3,5,8-15H2,(H,23,24,25);6,8-9H,1-5,7,10-15H2,(H,23,24,25);4-6,14H,7-13H2,1-3H3,(H,22,23,24). The van der Waals surface area contributed by atoms with E-state index < -0.39 is 5.41 Å². The predicted octanol–water partition coefficient (Wildman–Crippen LogP) is 19.0. The highest BCUT2D eigenvalue weighted by Crippen LogP contribution is 2.49. The highest BCUT2D eigenvalue weighted by molar-refractivity contribution is 6.13. The average Bonchev–Trinajstić information content (AvgIpc) is 1.64. The molecule has 3 fully saturated rings. The molecule has 20 bridgehead atoms. The minimum Gasteiger partial charge on any atom is -0.381 e. The van der Waals surface area contributed by atoms with Crippen LogP contribution >= 0.6 is 0 Å². The maximum Gasteiger partial charge on any atom is 0.229 e. The van der Waals surface area contributed by atoms with Crippen LogP contribution in [0, 0.1) is 33.0 Å². The third-order valence-electron chi connectivity index (χ3n) is 33.1. The van der Waals surface area contributed by atoms with Crippen molar-refractivity contribution in [3.8, 4) is 0 Å². The molecule has 140 heavy (non-hydrogen) atoms. The van der Waals surface area contributed by atoms with Crippen LogP contribution in [0.5, 0.6) is 0 Å². The lowest BCUT2D eigenvalue weighted by Crippen LogP contribution is -2.47. The summed E-state index contributed by atoms with van der Waals surface area (Å²) in [4.78, 5) is 121. The number of amidine groups is 4. The van der Waals surface area contributed by atoms with Gasteiger partial charge < -0.3 is 55.8 Å². The zero-order valence-corrected chi connectivity index (χ0v) is 83.1. The van der Waals surface area contributed by atoms with E-state index in [4.69, 9.17) is 34.6 Å². The molecule has 2 saturated carbocycles. The molecule has 6 N–H and O–H groups in total. The maximum atomic E-state index is 13.8. The molecule has 7 aromatic rings. The molecule has 0 radical (unpaired) electrons. The maximum absolute atomic E-state index is 13.8. The molecule has 2 aliphatic carbocycles. The van der Waals surface area contributed by atoms with Crippen molar-refractivity contribution >= 4 is 87.8 Å². The summed E-state index contributed by atoms with van der Waals surface area (Å²) in [5.74, 6) is 10.9. The van der Waals surface area contributed by atoms with Crippen LogP contribution in [0.4, 0.5) is 34.9 Å². The second-order valence-corrected chi connectivity index (χ2v) is 43.8. The van der Waals surface area contributed by atoms with E-state index in [1.165, 1.54) is 95.1 Å². The van der Waals surface area contributed by atoms with Gasteiger partial charge in [0.05, 0.1) is 55.8 Å². The van der Waals surface area contributed by atoms with E-state index in [1.54, 1.807) is 0 Å². The lowest BCUT2D eigenvalue weighted by Gasteiger charge is -2.39. The van der Waals surface area contributed by atoms with Crippen LogP contribution in [0.2, 0.25) is 0 Å². The number of hydrogen-bond acceptors (Lipinski definition) is 21. The number of aliphatic imine (C=N–C) groups is 4. The minimum atomic E-state index is -0.415. The molecule has 5 amide bonds. The van der Waals surface area contributed by atoms with E-state index in [0.717, 1.165) is 310 Å². The van der Waals surface area contributed by atoms with Crippen LogP contribution in [0.3, 0.4) is 0 Å². The number of carbonyl (C=O) groups is 5. The molecular formula is C113H143N21O6. The van der Waals surface area contributed by atoms with Crippen molar-refractivity contribution in [2.75, 3.05) is 118 Å². The number of fused-ring (bicyclic) bond motifs is 15. The second kappa shape index (κ2) is 42.5. The van der Waals surface area contributed by atoms with Crippen LogP contribution in [0.25, 0.3) is 0 Å². The normalized spacial score (nSPS) is 24.1. The van der Waals surface area contributed by atoms with E-state index >= 15 is 0 Å². The molecule has 2 unspecified atom stereocenters. The summed E-state index contributed by atoms with van der Waals surface area (Å²) in [5.41, 5.74) is 17.7. The predicted molar refractivity (Wildman–Crippen MR) is 552 cm³/mol. The Hall–Kier alpha value is -11.9. The first-order valence-electron chi connectivity index (χ1n) is 53.1. The number of nitrogens with zero attached hydrogens (tertiary/aromatic N) is 15. The van der Waals surface area contributed by atoms with E-state index in [9.17, 15) is 24.0 Å². The number of hydrogen-bond donors (Lipinski definition) is 6. The molecule has 3 spiro atoms. The first-order chi connectivity index (χ1) is 68.2. The molecular weight excluding hydrogens is 1750 g/mol. The Morgan fingerprint density at radius 2 is 0.671 bits per heavy atom. The van der Waals surface area contributed by atoms with Gasteiger partial charge in [0.15, 0.2) is 5.82 Å². The van der Waals surface area contributed by atoms with Crippen LogP contribution in [-0.4, -0.2) is 204 Å². The van der Waals surface area contributed by atoms with Gasteiger partial charge in [-0.2, -0.15) is 5.10 Å². The monoisotopic (exact) mass is 1890 g/mol. The molecule has 2 atom stereocenters. The number of amides is 5. The third kappa shape index (κ3) is 21.6. The summed E-state index contributed by atoms with van der Waals surface area (Å²) in [6, 6.07) is 41.2. The molecule has 27 heteroatoms. The zero-order valence-electron chi connectivity index (χ0n) is 83.1. The van der Waals surface area contributed by atoms with Gasteiger partial charge in [0.25, 0.3) is 0 Å². The van der Waals surface area contributed by atoms with Gasteiger partial charge in [0, 0.05) is 138 Å². The van der Waals surface area contributed by atoms with Crippen LogP contribution < -0.4 is 26.6 Å². The number of carbonyl (C=O) groups excluding carboxylic acids is 5. The molecule has 24 rings (SSSR count). The van der Waals surface area contributed by atoms with Crippen LogP contribution in [-0.2, 0) is 80.3 Å². The van der Waals surface area contributed by atoms with Crippen molar-refractivity contribution < 1.29 is 28.7 Å². The molecule has 1 aromatic carbocycles. The number of H-pyrrole nitrogens is 1. The zero-order chi connectivity index (χ0) is 95.8. The molecule has 15 aliphatic heterocycles. The molecule has 736 valence electrons. The van der Waals surface area contributed by atoms with E-state index in [2.05, 4.69) is 173 Å². The second-order valence-electron chi connectivity index (χ2n) is 43.8. The smallest absolute Gasteiger partial charge is 0.229 e. The lowest BCUT2D eigenvalue weighted by molar-refractivity contribution is -0.147. The van der Waals surface area contributed by atoms with Gasteiger partial charge in [0.1, 0.15) is 52.4 Å². The molecule has 1 saturated heterocycles. The van der Waals surface area contributed by atoms with Crippen molar-refractivity contribution in [3.05, 3.63) is 211 Å². The van der Waals surface area contributed by atoms with Crippen molar-refractivity contribution in [1.82, 2.24) is 59.6 Å². The fourth-order valence-electron chi connectivity index (χ4n) is 24.8. The number of aromatic nitrogens is 7. The van der Waals surface area contributed by atoms with Crippen molar-refractivity contribution in [2.24, 2.45) is 53.0 Å². The Bertz CT molecular complexity index is 5900. The highest BCUT2D eigenvalue weighted by Gasteiger charge is 2.50. The van der Waals surface area contributed by atoms with Crippen molar-refractivity contribution in [3.63, 3.8) is 0 Å². The van der Waals surface area contributed by atoms with Crippen LogP contribution in [0.15, 0.2) is 186 Å². The largest absolute Gasteiger partial charge is 0.381 e. The fraction of sp³-hybridized carbons (Fsp3) is 0.549. The van der Waals surface area contributed by atoms with Gasteiger partial charge in [0.2, 0.25) is 29.5 Å². The van der Waals surface area contributed by atoms with Crippen molar-refractivity contribution in [2.45, 2.75) is 272 Å². The van der Waals surface area contributed by atoms with Gasteiger partial charge in [-0.05, 0) is 242 Å². The third-order valence-corrected chi connectivity index (χ3v) is 33.1. The molecule has 27 nitrogen and oxygen atoms in total. The van der Waals surface area contributed by atoms with Gasteiger partial charge in [-0.3, -0.25) is 49.0 Å². The van der Waals surface area contributed by atoms with Crippen molar-refractivity contribution in [1.29, 1.82) is 0 Å². The number of pyridine rings is 5. The quantitative estimate of drug-likeness (QED) is 0.0937. The fourth-order valence-corrected chi connectivity index (χ4v) is 24.8. The number of benzene rings is 1. The summed E-state index contributed by atoms with van der Waals surface area (Å²) in [6.07, 6.45) is 38.4. The van der Waals surface area contributed by atoms with E-state index in [0.29, 0.717) is 102 Å². The summed E-state index contributed by atoms with van der Waals surface area (Å²) in [6.45, 7) is 19.7. The number of anilines is 6. The van der Waals surface area contributed by atoms with Gasteiger partial charge >= 0.3 is 0 Å². The Balaban J connectivity index is 0.000000108. The number of ether oxygens (including phenoxy) is 1. The SMILES string of the molecule is CC1(Cc2ccccc2)CCCCCc2cccc(n2)Nc2n[nH]c3c2CN(C3)C1=O.CC1CCc2cccc(n2)NC2=NCC3=C2CN(C3)C(=O)C(C)(C)CC1.O=C1N2CC3=C(C2)C(=NC3)Nc2cccc(n2)CCCCCC12CCCC2.O=C1N2CC3=C(C2)C(=NC3)Nc2cccc(n2)CCCCCC12CCCCC2.O=C1N2CC3=C(C2)C(=NC3)Nc2cccc(n2)CCCCCC12CCOCC2. The number of rotatable bonds is 2. The molecule has 6 aromatic heterocycles. The molecule has 17 aliphatic rings. The number of aromatic amines is 1. The summed E-state index contributed by atoms with van der Waals surface area (Å²) in [5, 5.41) is 24.6. The first kappa shape index (κ1) is 95.7. The van der Waals surface area contributed by atoms with E-state index in [1.807, 2.05) is 52.3 Å². The van der Waals surface area contributed by atoms with Crippen LogP contribution in [0.1, 0.15) is 266 Å². The van der Waals surface area contributed by atoms with Gasteiger partial charge in [-0.1, -0.05) is 172 Å². The van der Waals surface area contributed by atoms with Gasteiger partial charge in [-0.25, -0.2) is 24.9 Å². The Labute approximate surface area is 825 Å². The first-order valence-corrected chi connectivity index (χ1v) is 53.1. The minimum absolute atomic E-state index is 0.0967. The summed E-state index contributed by atoms with van der Waals surface area (Å²) >= 11 is 0. The number of aryl methyl sites for hydroxylation is 5. The topological polar surface area (TPSA) is 314 Å². The average molecular weight is 1890 g/mol. The molecule has 21 heterocycles. The summed E-state index contributed by atoms with van der Waals surface area (Å²) in [7, 11) is 0. The van der Waals surface area contributed by atoms with E-state index in [-0.39, 0.29) is 33.5 Å². The Kier molecular flexibility index (Phi) is 29.0. The number of nitrogens with one attached hydrogen (secondary N) is 6. The lowest BCUT2D eigenvalue weighted by atomic mass is 9.69.